The fourth-order valence-corrected chi connectivity index (χ4v) is 2.11. The molecule has 0 aromatic heterocycles. The maximum atomic E-state index is 9.56. The predicted octanol–water partition coefficient (Wildman–Crippen LogP) is 0.0653. The average Bonchev–Trinajstić information content (AvgIpc) is 2.31. The van der Waals surface area contributed by atoms with Gasteiger partial charge in [0, 0.05) is 42.4 Å². The highest BCUT2D eigenvalue weighted by molar-refractivity contribution is 7.83. The quantitative estimate of drug-likeness (QED) is 0.713. The topological polar surface area (TPSA) is 41.6 Å². The fraction of sp³-hybridized carbons (Fsp3) is 1.00. The zero-order valence-electron chi connectivity index (χ0n) is 10.4. The van der Waals surface area contributed by atoms with E-state index in [1.807, 2.05) is 0 Å². The lowest BCUT2D eigenvalue weighted by molar-refractivity contribution is 0.0101. The van der Waals surface area contributed by atoms with Crippen molar-refractivity contribution in [2.75, 3.05) is 51.9 Å². The molecule has 2 aliphatic heterocycles. The molecule has 0 amide bonds. The predicted molar refractivity (Wildman–Crippen MR) is 68.3 cm³/mol. The molecule has 0 aliphatic carbocycles. The molecule has 0 atom stereocenters. The summed E-state index contributed by atoms with van der Waals surface area (Å²) in [6.07, 6.45) is 5.92. The average molecular weight is 248 g/mol. The van der Waals surface area contributed by atoms with Crippen LogP contribution in [0.15, 0.2) is 0 Å². The molecule has 0 aromatic carbocycles. The van der Waals surface area contributed by atoms with E-state index < -0.39 is 10.8 Å². The standard InChI is InChI=1S/C9H18N2O.C2H6OS/c1-3-10-4-2-9(1)11-5-7-12-8-6-11;1-4(2)3/h9-10H,1-8H2;1-2H3. The van der Waals surface area contributed by atoms with Crippen molar-refractivity contribution in [3.8, 4) is 0 Å². The summed E-state index contributed by atoms with van der Waals surface area (Å²) in [5, 5.41) is 3.40. The maximum Gasteiger partial charge on any atom is 0.0594 e. The van der Waals surface area contributed by atoms with E-state index in [1.54, 1.807) is 12.5 Å². The van der Waals surface area contributed by atoms with Gasteiger partial charge >= 0.3 is 0 Å². The summed E-state index contributed by atoms with van der Waals surface area (Å²) in [6, 6.07) is 0.829. The molecule has 0 saturated carbocycles. The highest BCUT2D eigenvalue weighted by Crippen LogP contribution is 2.12. The van der Waals surface area contributed by atoms with Crippen LogP contribution in [-0.2, 0) is 15.5 Å². The number of morpholine rings is 1. The number of rotatable bonds is 1. The van der Waals surface area contributed by atoms with Crippen molar-refractivity contribution < 1.29 is 8.95 Å². The largest absolute Gasteiger partial charge is 0.379 e. The van der Waals surface area contributed by atoms with Gasteiger partial charge in [0.1, 0.15) is 0 Å². The van der Waals surface area contributed by atoms with E-state index in [9.17, 15) is 4.21 Å². The van der Waals surface area contributed by atoms with Crippen LogP contribution in [-0.4, -0.2) is 67.1 Å². The van der Waals surface area contributed by atoms with Crippen LogP contribution in [0, 0.1) is 0 Å². The first-order valence-corrected chi connectivity index (χ1v) is 7.94. The van der Waals surface area contributed by atoms with Gasteiger partial charge in [0.2, 0.25) is 0 Å². The Bertz CT molecular complexity index is 182. The minimum absolute atomic E-state index is 0.611. The molecule has 0 aromatic rings. The second-order valence-corrected chi connectivity index (χ2v) is 5.85. The van der Waals surface area contributed by atoms with E-state index >= 15 is 0 Å². The third-order valence-electron chi connectivity index (χ3n) is 2.87. The van der Waals surface area contributed by atoms with Crippen LogP contribution in [0.5, 0.6) is 0 Å². The van der Waals surface area contributed by atoms with Gasteiger partial charge < -0.3 is 10.1 Å². The highest BCUT2D eigenvalue weighted by Gasteiger charge is 2.21. The first kappa shape index (κ1) is 14.1. The first-order chi connectivity index (χ1) is 7.70. The molecule has 2 fully saturated rings. The fourth-order valence-electron chi connectivity index (χ4n) is 2.11. The molecule has 2 aliphatic rings. The summed E-state index contributed by atoms with van der Waals surface area (Å²) >= 11 is 0. The monoisotopic (exact) mass is 248 g/mol. The van der Waals surface area contributed by atoms with Gasteiger partial charge in [0.25, 0.3) is 0 Å². The van der Waals surface area contributed by atoms with Gasteiger partial charge in [0.05, 0.1) is 13.2 Å². The number of piperidine rings is 1. The Kier molecular flexibility index (Phi) is 7.20. The minimum atomic E-state index is -0.611. The lowest BCUT2D eigenvalue weighted by Crippen LogP contribution is -2.47. The van der Waals surface area contributed by atoms with Crippen LogP contribution < -0.4 is 5.32 Å². The summed E-state index contributed by atoms with van der Waals surface area (Å²) in [5.41, 5.74) is 0. The highest BCUT2D eigenvalue weighted by atomic mass is 32.2. The summed E-state index contributed by atoms with van der Waals surface area (Å²) in [6.45, 7) is 6.55. The SMILES string of the molecule is C1CC(N2CCOCC2)CCN1.CS(C)=O. The third-order valence-corrected chi connectivity index (χ3v) is 2.87. The van der Waals surface area contributed by atoms with Crippen molar-refractivity contribution in [1.82, 2.24) is 10.2 Å². The lowest BCUT2D eigenvalue weighted by atomic mass is 10.0. The lowest BCUT2D eigenvalue weighted by Gasteiger charge is -2.36. The summed E-state index contributed by atoms with van der Waals surface area (Å²) in [5.74, 6) is 0. The van der Waals surface area contributed by atoms with Crippen LogP contribution in [0.3, 0.4) is 0 Å². The Labute approximate surface area is 101 Å². The van der Waals surface area contributed by atoms with E-state index in [2.05, 4.69) is 10.2 Å². The van der Waals surface area contributed by atoms with Gasteiger partial charge in [-0.2, -0.15) is 0 Å². The molecule has 1 N–H and O–H groups in total. The smallest absolute Gasteiger partial charge is 0.0594 e. The Balaban J connectivity index is 0.000000280. The second kappa shape index (κ2) is 8.17. The molecule has 4 nitrogen and oxygen atoms in total. The molecule has 0 radical (unpaired) electrons. The maximum absolute atomic E-state index is 9.56. The van der Waals surface area contributed by atoms with Crippen molar-refractivity contribution in [3.63, 3.8) is 0 Å². The molecule has 2 rings (SSSR count). The number of nitrogens with one attached hydrogen (secondary N) is 1. The molecule has 5 heteroatoms. The summed E-state index contributed by atoms with van der Waals surface area (Å²) in [7, 11) is -0.611. The Morgan fingerprint density at radius 2 is 1.69 bits per heavy atom. The summed E-state index contributed by atoms with van der Waals surface area (Å²) in [4.78, 5) is 2.59. The zero-order valence-corrected chi connectivity index (χ0v) is 11.2. The van der Waals surface area contributed by atoms with Crippen molar-refractivity contribution in [2.45, 2.75) is 18.9 Å². The third kappa shape index (κ3) is 5.94. The van der Waals surface area contributed by atoms with Gasteiger partial charge in [0.15, 0.2) is 0 Å². The Hall–Kier alpha value is 0.0300. The van der Waals surface area contributed by atoms with Crippen molar-refractivity contribution >= 4 is 10.8 Å². The van der Waals surface area contributed by atoms with E-state index in [0.29, 0.717) is 0 Å². The first-order valence-electron chi connectivity index (χ1n) is 5.97. The van der Waals surface area contributed by atoms with E-state index in [1.165, 1.54) is 25.9 Å². The molecular weight excluding hydrogens is 224 g/mol. The minimum Gasteiger partial charge on any atom is -0.379 e. The Morgan fingerprint density at radius 1 is 1.19 bits per heavy atom. The molecule has 0 unspecified atom stereocenters. The molecule has 0 spiro atoms. The van der Waals surface area contributed by atoms with Crippen LogP contribution in [0.2, 0.25) is 0 Å². The van der Waals surface area contributed by atoms with Gasteiger partial charge in [-0.1, -0.05) is 0 Å². The molecule has 16 heavy (non-hydrogen) atoms. The zero-order chi connectivity index (χ0) is 11.8. The van der Waals surface area contributed by atoms with Crippen LogP contribution in [0.4, 0.5) is 0 Å². The van der Waals surface area contributed by atoms with Crippen LogP contribution >= 0.6 is 0 Å². The van der Waals surface area contributed by atoms with Gasteiger partial charge in [-0.15, -0.1) is 0 Å². The van der Waals surface area contributed by atoms with Gasteiger partial charge in [-0.05, 0) is 25.9 Å². The van der Waals surface area contributed by atoms with E-state index in [4.69, 9.17) is 4.74 Å². The molecule has 2 saturated heterocycles. The number of hydrogen-bond donors (Lipinski definition) is 1. The van der Waals surface area contributed by atoms with Crippen LogP contribution in [0.25, 0.3) is 0 Å². The number of hydrogen-bond acceptors (Lipinski definition) is 4. The molecule has 0 bridgehead atoms. The van der Waals surface area contributed by atoms with E-state index in [-0.39, 0.29) is 0 Å². The number of nitrogens with zero attached hydrogens (tertiary/aromatic N) is 1. The normalized spacial score (nSPS) is 23.9. The van der Waals surface area contributed by atoms with Crippen LogP contribution in [0.1, 0.15) is 12.8 Å². The molecule has 96 valence electrons. The van der Waals surface area contributed by atoms with E-state index in [0.717, 1.165) is 32.3 Å². The molecular formula is C11H24N2O2S. The van der Waals surface area contributed by atoms with Gasteiger partial charge in [-0.25, -0.2) is 0 Å². The second-order valence-electron chi connectivity index (χ2n) is 4.37. The Morgan fingerprint density at radius 3 is 2.19 bits per heavy atom. The summed E-state index contributed by atoms with van der Waals surface area (Å²) < 4.78 is 14.9. The van der Waals surface area contributed by atoms with Crippen molar-refractivity contribution in [3.05, 3.63) is 0 Å². The molecule has 2 heterocycles. The van der Waals surface area contributed by atoms with Gasteiger partial charge in [-0.3, -0.25) is 9.11 Å². The number of ether oxygens (including phenoxy) is 1. The van der Waals surface area contributed by atoms with Crippen molar-refractivity contribution in [1.29, 1.82) is 0 Å². The van der Waals surface area contributed by atoms with Crippen molar-refractivity contribution in [2.24, 2.45) is 0 Å².